The summed E-state index contributed by atoms with van der Waals surface area (Å²) < 4.78 is 1.82. The minimum Gasteiger partial charge on any atom is -0.470 e. The molecule has 0 atom stereocenters. The predicted molar refractivity (Wildman–Crippen MR) is 37.3 cm³/mol. The second-order valence-corrected chi connectivity index (χ2v) is 2.14. The average Bonchev–Trinajstić information content (AvgIpc) is 2.27. The van der Waals surface area contributed by atoms with Gasteiger partial charge in [0.25, 0.3) is 0 Å². The van der Waals surface area contributed by atoms with Crippen molar-refractivity contribution in [2.24, 2.45) is 7.05 Å². The number of aromatic nitrogens is 3. The summed E-state index contributed by atoms with van der Waals surface area (Å²) in [6.45, 7) is 0. The van der Waals surface area contributed by atoms with Crippen LogP contribution in [0.25, 0.3) is 11.0 Å². The SMILES string of the molecule is Cn1[c-]c2nccnc2c1.[Y]. The van der Waals surface area contributed by atoms with Gasteiger partial charge >= 0.3 is 0 Å². The summed E-state index contributed by atoms with van der Waals surface area (Å²) in [6.07, 6.45) is 8.23. The monoisotopic (exact) mass is 221 g/mol. The zero-order valence-electron chi connectivity index (χ0n) is 6.15. The summed E-state index contributed by atoms with van der Waals surface area (Å²) in [7, 11) is 1.91. The molecular weight excluding hydrogens is 215 g/mol. The molecule has 0 aliphatic rings. The summed E-state index contributed by atoms with van der Waals surface area (Å²) in [5, 5.41) is 0. The first-order valence-electron chi connectivity index (χ1n) is 3.01. The van der Waals surface area contributed by atoms with E-state index in [1.807, 2.05) is 17.8 Å². The minimum atomic E-state index is 0. The van der Waals surface area contributed by atoms with Crippen LogP contribution in [0, 0.1) is 6.20 Å². The normalized spacial score (nSPS) is 9.55. The van der Waals surface area contributed by atoms with Crippen LogP contribution in [0.15, 0.2) is 18.6 Å². The molecule has 1 radical (unpaired) electrons. The fraction of sp³-hybridized carbons (Fsp3) is 0.143. The Morgan fingerprint density at radius 2 is 2.09 bits per heavy atom. The molecule has 2 aromatic heterocycles. The molecule has 0 unspecified atom stereocenters. The van der Waals surface area contributed by atoms with Crippen molar-refractivity contribution in [2.45, 2.75) is 0 Å². The van der Waals surface area contributed by atoms with E-state index in [-0.39, 0.29) is 32.7 Å². The third kappa shape index (κ3) is 1.65. The van der Waals surface area contributed by atoms with Crippen molar-refractivity contribution in [3.8, 4) is 0 Å². The van der Waals surface area contributed by atoms with Crippen LogP contribution >= 0.6 is 0 Å². The second kappa shape index (κ2) is 3.41. The van der Waals surface area contributed by atoms with Gasteiger partial charge in [0.1, 0.15) is 0 Å². The maximum atomic E-state index is 4.09. The summed E-state index contributed by atoms with van der Waals surface area (Å²) in [4.78, 5) is 8.15. The number of fused-ring (bicyclic) bond motifs is 1. The van der Waals surface area contributed by atoms with Crippen LogP contribution in [0.3, 0.4) is 0 Å². The van der Waals surface area contributed by atoms with E-state index >= 15 is 0 Å². The van der Waals surface area contributed by atoms with Gasteiger partial charge in [-0.2, -0.15) is 0 Å². The van der Waals surface area contributed by atoms with Crippen molar-refractivity contribution in [3.05, 3.63) is 24.8 Å². The zero-order valence-corrected chi connectivity index (χ0v) is 8.99. The Morgan fingerprint density at radius 3 is 2.82 bits per heavy atom. The van der Waals surface area contributed by atoms with Crippen LogP contribution in [0.5, 0.6) is 0 Å². The van der Waals surface area contributed by atoms with E-state index < -0.39 is 0 Å². The topological polar surface area (TPSA) is 30.7 Å². The Morgan fingerprint density at radius 1 is 1.36 bits per heavy atom. The van der Waals surface area contributed by atoms with Gasteiger partial charge in [-0.3, -0.25) is 4.98 Å². The third-order valence-corrected chi connectivity index (χ3v) is 1.32. The Labute approximate surface area is 89.7 Å². The molecule has 0 aliphatic carbocycles. The molecule has 0 fully saturated rings. The molecule has 11 heavy (non-hydrogen) atoms. The van der Waals surface area contributed by atoms with E-state index in [9.17, 15) is 0 Å². The van der Waals surface area contributed by atoms with Crippen molar-refractivity contribution in [1.29, 1.82) is 0 Å². The van der Waals surface area contributed by atoms with Gasteiger partial charge in [-0.15, -0.1) is 6.20 Å². The van der Waals surface area contributed by atoms with Gasteiger partial charge in [-0.25, -0.2) is 0 Å². The first kappa shape index (κ1) is 8.82. The fourth-order valence-electron chi connectivity index (χ4n) is 0.912. The fourth-order valence-corrected chi connectivity index (χ4v) is 0.912. The molecule has 4 heteroatoms. The van der Waals surface area contributed by atoms with Gasteiger partial charge < -0.3 is 9.55 Å². The standard InChI is InChI=1S/C7H6N3.Y/c1-10-4-6-7(5-10)9-3-2-8-6;/h2-4H,1H3;/q-1;. The van der Waals surface area contributed by atoms with E-state index in [1.54, 1.807) is 12.4 Å². The molecule has 0 saturated carbocycles. The Kier molecular flexibility index (Phi) is 2.74. The van der Waals surface area contributed by atoms with E-state index in [2.05, 4.69) is 16.2 Å². The van der Waals surface area contributed by atoms with Crippen LogP contribution in [0.1, 0.15) is 0 Å². The van der Waals surface area contributed by atoms with E-state index in [0.717, 1.165) is 11.0 Å². The van der Waals surface area contributed by atoms with Crippen LogP contribution in [0.2, 0.25) is 0 Å². The maximum absolute atomic E-state index is 4.09. The van der Waals surface area contributed by atoms with Crippen LogP contribution < -0.4 is 0 Å². The van der Waals surface area contributed by atoms with Crippen molar-refractivity contribution in [2.75, 3.05) is 0 Å². The van der Waals surface area contributed by atoms with Gasteiger partial charge in [0, 0.05) is 45.1 Å². The van der Waals surface area contributed by atoms with E-state index in [1.165, 1.54) is 0 Å². The molecule has 0 spiro atoms. The maximum Gasteiger partial charge on any atom is 0.0420 e. The summed E-state index contributed by atoms with van der Waals surface area (Å²) in [6, 6.07) is 0. The number of hydrogen-bond acceptors (Lipinski definition) is 2. The molecule has 3 nitrogen and oxygen atoms in total. The van der Waals surface area contributed by atoms with Crippen molar-refractivity contribution in [1.82, 2.24) is 14.5 Å². The number of hydrogen-bond donors (Lipinski definition) is 0. The van der Waals surface area contributed by atoms with Gasteiger partial charge in [0.2, 0.25) is 0 Å². The van der Waals surface area contributed by atoms with Crippen molar-refractivity contribution < 1.29 is 32.7 Å². The van der Waals surface area contributed by atoms with Gasteiger partial charge in [0.15, 0.2) is 0 Å². The first-order chi connectivity index (χ1) is 4.86. The zero-order chi connectivity index (χ0) is 6.97. The average molecular weight is 221 g/mol. The first-order valence-corrected chi connectivity index (χ1v) is 3.01. The van der Waals surface area contributed by atoms with Gasteiger partial charge in [-0.05, 0) is 18.1 Å². The summed E-state index contributed by atoms with van der Waals surface area (Å²) in [5.74, 6) is 0. The van der Waals surface area contributed by atoms with Crippen molar-refractivity contribution >= 4 is 11.0 Å². The van der Waals surface area contributed by atoms with Crippen molar-refractivity contribution in [3.63, 3.8) is 0 Å². The summed E-state index contributed by atoms with van der Waals surface area (Å²) >= 11 is 0. The Balaban J connectivity index is 0.000000605. The van der Waals surface area contributed by atoms with Crippen LogP contribution in [-0.4, -0.2) is 14.5 Å². The predicted octanol–water partition coefficient (Wildman–Crippen LogP) is 0.766. The van der Waals surface area contributed by atoms with E-state index in [4.69, 9.17) is 0 Å². The molecular formula is C7H6N3Y-. The van der Waals surface area contributed by atoms with Crippen LogP contribution in [-0.2, 0) is 39.8 Å². The number of aryl methyl sites for hydroxylation is 1. The Bertz CT molecular complexity index is 322. The molecule has 0 saturated heterocycles. The molecule has 0 aliphatic heterocycles. The second-order valence-electron chi connectivity index (χ2n) is 2.14. The van der Waals surface area contributed by atoms with Crippen LogP contribution in [0.4, 0.5) is 0 Å². The minimum absolute atomic E-state index is 0. The molecule has 0 bridgehead atoms. The van der Waals surface area contributed by atoms with Gasteiger partial charge in [0.05, 0.1) is 0 Å². The number of rotatable bonds is 0. The largest absolute Gasteiger partial charge is 0.470 e. The third-order valence-electron chi connectivity index (χ3n) is 1.32. The molecule has 0 amide bonds. The van der Waals surface area contributed by atoms with E-state index in [0.29, 0.717) is 0 Å². The molecule has 0 N–H and O–H groups in total. The molecule has 2 aromatic rings. The molecule has 0 aromatic carbocycles. The number of nitrogens with zero attached hydrogens (tertiary/aromatic N) is 3. The quantitative estimate of drug-likeness (QED) is 0.615. The smallest absolute Gasteiger partial charge is 0.0420 e. The van der Waals surface area contributed by atoms with Gasteiger partial charge in [-0.1, -0.05) is 6.20 Å². The summed E-state index contributed by atoms with van der Waals surface area (Å²) in [5.41, 5.74) is 1.72. The molecule has 53 valence electrons. The Hall–Kier alpha value is -0.276. The molecule has 2 rings (SSSR count). The molecule has 2 heterocycles.